The maximum absolute atomic E-state index is 8.65. The third-order valence-electron chi connectivity index (χ3n) is 1.77. The van der Waals surface area contributed by atoms with E-state index in [0.717, 1.165) is 18.4 Å². The van der Waals surface area contributed by atoms with E-state index in [1.807, 2.05) is 6.07 Å². The van der Waals surface area contributed by atoms with Crippen LogP contribution in [0.25, 0.3) is 6.08 Å². The minimum Gasteiger partial charge on any atom is -0.396 e. The number of pyridine rings is 1. The third-order valence-corrected chi connectivity index (χ3v) is 1.77. The van der Waals surface area contributed by atoms with Gasteiger partial charge in [-0.2, -0.15) is 0 Å². The molecule has 0 atom stereocenters. The van der Waals surface area contributed by atoms with Gasteiger partial charge in [0.2, 0.25) is 0 Å². The molecule has 0 fully saturated rings. The van der Waals surface area contributed by atoms with Crippen molar-refractivity contribution in [2.75, 3.05) is 6.61 Å². The molecule has 0 aromatic carbocycles. The van der Waals surface area contributed by atoms with Gasteiger partial charge in [0.15, 0.2) is 0 Å². The summed E-state index contributed by atoms with van der Waals surface area (Å²) in [4.78, 5) is 3.99. The summed E-state index contributed by atoms with van der Waals surface area (Å²) < 4.78 is 0. The Morgan fingerprint density at radius 2 is 2.42 bits per heavy atom. The smallest absolute Gasteiger partial charge is 0.0434 e. The molecule has 0 bridgehead atoms. The van der Waals surface area contributed by atoms with E-state index in [-0.39, 0.29) is 6.61 Å². The van der Waals surface area contributed by atoms with Gasteiger partial charge < -0.3 is 5.11 Å². The van der Waals surface area contributed by atoms with E-state index in [1.54, 1.807) is 18.5 Å². The molecular formula is C10H13NO. The van der Waals surface area contributed by atoms with Gasteiger partial charge in [0.05, 0.1) is 0 Å². The summed E-state index contributed by atoms with van der Waals surface area (Å²) in [6.45, 7) is 3.93. The molecule has 0 aliphatic heterocycles. The quantitative estimate of drug-likeness (QED) is 0.732. The van der Waals surface area contributed by atoms with Gasteiger partial charge in [0, 0.05) is 19.0 Å². The van der Waals surface area contributed by atoms with Crippen molar-refractivity contribution in [1.29, 1.82) is 0 Å². The number of aliphatic hydroxyl groups excluding tert-OH is 1. The highest BCUT2D eigenvalue weighted by Gasteiger charge is 1.97. The highest BCUT2D eigenvalue weighted by Crippen LogP contribution is 2.09. The summed E-state index contributed by atoms with van der Waals surface area (Å²) in [5.74, 6) is 0. The lowest BCUT2D eigenvalue weighted by atomic mass is 10.1. The van der Waals surface area contributed by atoms with Gasteiger partial charge in [-0.25, -0.2) is 0 Å². The van der Waals surface area contributed by atoms with E-state index in [9.17, 15) is 0 Å². The Labute approximate surface area is 72.6 Å². The van der Waals surface area contributed by atoms with Crippen molar-refractivity contribution < 1.29 is 5.11 Å². The van der Waals surface area contributed by atoms with Crippen LogP contribution >= 0.6 is 0 Å². The molecule has 1 rings (SSSR count). The topological polar surface area (TPSA) is 33.1 Å². The standard InChI is InChI=1S/C10H13NO/c1-2-9-8-11-6-5-10(9)4-3-7-12/h2,5-6,8,12H,1,3-4,7H2. The molecule has 0 aliphatic carbocycles. The van der Waals surface area contributed by atoms with Gasteiger partial charge in [-0.1, -0.05) is 12.7 Å². The number of aryl methyl sites for hydroxylation is 1. The summed E-state index contributed by atoms with van der Waals surface area (Å²) in [6.07, 6.45) is 7.03. The molecule has 0 saturated carbocycles. The van der Waals surface area contributed by atoms with Crippen LogP contribution in [-0.4, -0.2) is 16.7 Å². The van der Waals surface area contributed by atoms with Crippen molar-refractivity contribution >= 4 is 6.08 Å². The molecule has 1 aromatic heterocycles. The molecule has 0 amide bonds. The van der Waals surface area contributed by atoms with Gasteiger partial charge >= 0.3 is 0 Å². The third kappa shape index (κ3) is 2.17. The molecular weight excluding hydrogens is 150 g/mol. The van der Waals surface area contributed by atoms with E-state index < -0.39 is 0 Å². The molecule has 2 heteroatoms. The molecule has 0 unspecified atom stereocenters. The summed E-state index contributed by atoms with van der Waals surface area (Å²) in [5.41, 5.74) is 2.26. The largest absolute Gasteiger partial charge is 0.396 e. The zero-order chi connectivity index (χ0) is 8.81. The van der Waals surface area contributed by atoms with E-state index in [1.165, 1.54) is 5.56 Å². The minimum atomic E-state index is 0.235. The van der Waals surface area contributed by atoms with Crippen molar-refractivity contribution in [2.24, 2.45) is 0 Å². The number of nitrogens with zero attached hydrogens (tertiary/aromatic N) is 1. The second-order valence-corrected chi connectivity index (χ2v) is 2.61. The van der Waals surface area contributed by atoms with Crippen LogP contribution < -0.4 is 0 Å². The monoisotopic (exact) mass is 163 g/mol. The normalized spacial score (nSPS) is 9.75. The number of aromatic nitrogens is 1. The number of aliphatic hydroxyl groups is 1. The first-order valence-corrected chi connectivity index (χ1v) is 4.04. The SMILES string of the molecule is C=Cc1cnccc1CCCO. The predicted octanol–water partition coefficient (Wildman–Crippen LogP) is 1.65. The molecule has 1 heterocycles. The van der Waals surface area contributed by atoms with Crippen LogP contribution in [-0.2, 0) is 6.42 Å². The molecule has 0 spiro atoms. The van der Waals surface area contributed by atoms with Crippen LogP contribution in [0.1, 0.15) is 17.5 Å². The first kappa shape index (κ1) is 8.94. The zero-order valence-electron chi connectivity index (χ0n) is 7.03. The Balaban J connectivity index is 2.75. The van der Waals surface area contributed by atoms with Gasteiger partial charge in [0.25, 0.3) is 0 Å². The fourth-order valence-corrected chi connectivity index (χ4v) is 1.12. The first-order valence-electron chi connectivity index (χ1n) is 4.04. The predicted molar refractivity (Wildman–Crippen MR) is 49.7 cm³/mol. The van der Waals surface area contributed by atoms with E-state index in [0.29, 0.717) is 0 Å². The average Bonchev–Trinajstić information content (AvgIpc) is 2.15. The Morgan fingerprint density at radius 1 is 1.58 bits per heavy atom. The number of rotatable bonds is 4. The Hall–Kier alpha value is -1.15. The maximum atomic E-state index is 8.65. The molecule has 1 N–H and O–H groups in total. The van der Waals surface area contributed by atoms with Crippen molar-refractivity contribution in [2.45, 2.75) is 12.8 Å². The van der Waals surface area contributed by atoms with Crippen molar-refractivity contribution in [3.8, 4) is 0 Å². The fraction of sp³-hybridized carbons (Fsp3) is 0.300. The maximum Gasteiger partial charge on any atom is 0.0434 e. The second kappa shape index (κ2) is 4.67. The lowest BCUT2D eigenvalue weighted by molar-refractivity contribution is 0.288. The van der Waals surface area contributed by atoms with E-state index in [2.05, 4.69) is 11.6 Å². The molecule has 2 nitrogen and oxygen atoms in total. The average molecular weight is 163 g/mol. The summed E-state index contributed by atoms with van der Waals surface area (Å²) in [6, 6.07) is 1.96. The second-order valence-electron chi connectivity index (χ2n) is 2.61. The summed E-state index contributed by atoms with van der Waals surface area (Å²) in [5, 5.41) is 8.65. The van der Waals surface area contributed by atoms with E-state index in [4.69, 9.17) is 5.11 Å². The molecule has 0 saturated heterocycles. The van der Waals surface area contributed by atoms with Gasteiger partial charge in [-0.3, -0.25) is 4.98 Å². The fourth-order valence-electron chi connectivity index (χ4n) is 1.12. The lowest BCUT2D eigenvalue weighted by Gasteiger charge is -2.02. The van der Waals surface area contributed by atoms with Crippen LogP contribution in [0.2, 0.25) is 0 Å². The zero-order valence-corrected chi connectivity index (χ0v) is 7.03. The lowest BCUT2D eigenvalue weighted by Crippen LogP contribution is -1.92. The van der Waals surface area contributed by atoms with Crippen molar-refractivity contribution in [1.82, 2.24) is 4.98 Å². The highest BCUT2D eigenvalue weighted by atomic mass is 16.2. The van der Waals surface area contributed by atoms with Crippen molar-refractivity contribution in [3.05, 3.63) is 36.2 Å². The molecule has 64 valence electrons. The Bertz CT molecular complexity index is 258. The number of hydrogen-bond donors (Lipinski definition) is 1. The van der Waals surface area contributed by atoms with Crippen LogP contribution in [0.3, 0.4) is 0 Å². The van der Waals surface area contributed by atoms with Crippen molar-refractivity contribution in [3.63, 3.8) is 0 Å². The van der Waals surface area contributed by atoms with Crippen LogP contribution in [0.5, 0.6) is 0 Å². The Kier molecular flexibility index (Phi) is 3.48. The number of hydrogen-bond acceptors (Lipinski definition) is 2. The van der Waals surface area contributed by atoms with Crippen LogP contribution in [0.15, 0.2) is 25.0 Å². The Morgan fingerprint density at radius 3 is 3.08 bits per heavy atom. The van der Waals surface area contributed by atoms with Gasteiger partial charge in [-0.05, 0) is 30.0 Å². The van der Waals surface area contributed by atoms with Crippen LogP contribution in [0.4, 0.5) is 0 Å². The molecule has 0 radical (unpaired) electrons. The highest BCUT2D eigenvalue weighted by molar-refractivity contribution is 5.50. The first-order chi connectivity index (χ1) is 5.88. The summed E-state index contributed by atoms with van der Waals surface area (Å²) in [7, 11) is 0. The van der Waals surface area contributed by atoms with Crippen LogP contribution in [0, 0.1) is 0 Å². The van der Waals surface area contributed by atoms with E-state index >= 15 is 0 Å². The molecule has 1 aromatic rings. The summed E-state index contributed by atoms with van der Waals surface area (Å²) >= 11 is 0. The van der Waals surface area contributed by atoms with Gasteiger partial charge in [0.1, 0.15) is 0 Å². The van der Waals surface area contributed by atoms with Gasteiger partial charge in [-0.15, -0.1) is 0 Å². The minimum absolute atomic E-state index is 0.235. The molecule has 0 aliphatic rings. The molecule has 12 heavy (non-hydrogen) atoms.